The monoisotopic (exact) mass is 336 g/mol. The fourth-order valence-corrected chi connectivity index (χ4v) is 2.89. The topological polar surface area (TPSA) is 72.1 Å². The number of nitrogens with one attached hydrogen (secondary N) is 2. The molecule has 2 heterocycles. The summed E-state index contributed by atoms with van der Waals surface area (Å²) in [6, 6.07) is 14.6. The lowest BCUT2D eigenvalue weighted by Crippen LogP contribution is -2.19. The second kappa shape index (κ2) is 6.94. The SMILES string of the molecule is CC(NCc1cccc(-c2ncn[nH]2)c1)c1ccc2c(c1)OCCO2. The van der Waals surface area contributed by atoms with Crippen molar-refractivity contribution in [3.05, 3.63) is 59.9 Å². The third kappa shape index (κ3) is 3.49. The molecule has 6 nitrogen and oxygen atoms in total. The maximum absolute atomic E-state index is 5.67. The lowest BCUT2D eigenvalue weighted by Gasteiger charge is -2.21. The van der Waals surface area contributed by atoms with Crippen LogP contribution in [0.2, 0.25) is 0 Å². The molecule has 1 aliphatic heterocycles. The lowest BCUT2D eigenvalue weighted by molar-refractivity contribution is 0.171. The predicted octanol–water partition coefficient (Wildman–Crippen LogP) is 3.09. The molecule has 0 radical (unpaired) electrons. The first-order valence-electron chi connectivity index (χ1n) is 8.37. The Morgan fingerprint density at radius 2 is 2.00 bits per heavy atom. The van der Waals surface area contributed by atoms with E-state index in [2.05, 4.69) is 51.7 Å². The zero-order valence-electron chi connectivity index (χ0n) is 14.0. The third-order valence-electron chi connectivity index (χ3n) is 4.29. The van der Waals surface area contributed by atoms with Gasteiger partial charge in [0, 0.05) is 18.2 Å². The van der Waals surface area contributed by atoms with Crippen LogP contribution in [-0.2, 0) is 6.54 Å². The fourth-order valence-electron chi connectivity index (χ4n) is 2.89. The van der Waals surface area contributed by atoms with Crippen LogP contribution in [0.3, 0.4) is 0 Å². The molecule has 2 N–H and O–H groups in total. The number of nitrogens with zero attached hydrogens (tertiary/aromatic N) is 2. The Bertz CT molecular complexity index is 848. The van der Waals surface area contributed by atoms with Gasteiger partial charge in [0.1, 0.15) is 19.5 Å². The number of fused-ring (bicyclic) bond motifs is 1. The summed E-state index contributed by atoms with van der Waals surface area (Å²) >= 11 is 0. The molecule has 4 rings (SSSR count). The van der Waals surface area contributed by atoms with Crippen molar-refractivity contribution in [2.45, 2.75) is 19.5 Å². The van der Waals surface area contributed by atoms with E-state index in [1.165, 1.54) is 17.5 Å². The highest BCUT2D eigenvalue weighted by atomic mass is 16.6. The zero-order chi connectivity index (χ0) is 17.1. The maximum Gasteiger partial charge on any atom is 0.161 e. The first-order chi connectivity index (χ1) is 12.3. The average Bonchev–Trinajstić information content (AvgIpc) is 3.21. The minimum Gasteiger partial charge on any atom is -0.486 e. The van der Waals surface area contributed by atoms with Gasteiger partial charge in [0.25, 0.3) is 0 Å². The molecule has 2 aromatic carbocycles. The van der Waals surface area contributed by atoms with Crippen molar-refractivity contribution in [1.82, 2.24) is 20.5 Å². The van der Waals surface area contributed by atoms with Crippen LogP contribution in [0.4, 0.5) is 0 Å². The van der Waals surface area contributed by atoms with Crippen molar-refractivity contribution >= 4 is 0 Å². The Morgan fingerprint density at radius 1 is 1.12 bits per heavy atom. The molecular formula is C19H20N4O2. The molecule has 6 heteroatoms. The summed E-state index contributed by atoms with van der Waals surface area (Å²) in [5, 5.41) is 10.3. The molecule has 0 aliphatic carbocycles. The van der Waals surface area contributed by atoms with Crippen LogP contribution in [0.15, 0.2) is 48.8 Å². The minimum absolute atomic E-state index is 0.199. The Kier molecular flexibility index (Phi) is 4.35. The average molecular weight is 336 g/mol. The maximum atomic E-state index is 5.67. The van der Waals surface area contributed by atoms with Crippen molar-refractivity contribution < 1.29 is 9.47 Å². The van der Waals surface area contributed by atoms with Crippen molar-refractivity contribution in [3.8, 4) is 22.9 Å². The number of hydrogen-bond acceptors (Lipinski definition) is 5. The summed E-state index contributed by atoms with van der Waals surface area (Å²) in [5.74, 6) is 2.42. The van der Waals surface area contributed by atoms with Gasteiger partial charge in [-0.2, -0.15) is 5.10 Å². The Hall–Kier alpha value is -2.86. The molecule has 1 aromatic heterocycles. The van der Waals surface area contributed by atoms with Gasteiger partial charge in [-0.15, -0.1) is 0 Å². The third-order valence-corrected chi connectivity index (χ3v) is 4.29. The standard InChI is InChI=1S/C19H20N4O2/c1-13(15-5-6-17-18(10-15)25-8-7-24-17)20-11-14-3-2-4-16(9-14)19-21-12-22-23-19/h2-6,9-10,12-13,20H,7-8,11H2,1H3,(H,21,22,23). The number of rotatable bonds is 5. The molecule has 1 unspecified atom stereocenters. The van der Waals surface area contributed by atoms with E-state index in [4.69, 9.17) is 9.47 Å². The van der Waals surface area contributed by atoms with E-state index in [9.17, 15) is 0 Å². The first-order valence-corrected chi connectivity index (χ1v) is 8.37. The first kappa shape index (κ1) is 15.7. The van der Waals surface area contributed by atoms with Crippen molar-refractivity contribution in [2.24, 2.45) is 0 Å². The molecule has 0 fully saturated rings. The Balaban J connectivity index is 1.43. The van der Waals surface area contributed by atoms with Gasteiger partial charge in [-0.3, -0.25) is 5.10 Å². The molecule has 0 saturated heterocycles. The molecule has 1 aliphatic rings. The number of hydrogen-bond donors (Lipinski definition) is 2. The summed E-state index contributed by atoms with van der Waals surface area (Å²) in [4.78, 5) is 4.20. The molecule has 0 amide bonds. The van der Waals surface area contributed by atoms with E-state index in [0.717, 1.165) is 29.4 Å². The van der Waals surface area contributed by atoms with Crippen LogP contribution < -0.4 is 14.8 Å². The second-order valence-corrected chi connectivity index (χ2v) is 6.04. The van der Waals surface area contributed by atoms with Gasteiger partial charge in [-0.05, 0) is 36.2 Å². The van der Waals surface area contributed by atoms with E-state index in [0.29, 0.717) is 13.2 Å². The Labute approximate surface area is 146 Å². The zero-order valence-corrected chi connectivity index (χ0v) is 14.0. The molecule has 0 spiro atoms. The van der Waals surface area contributed by atoms with E-state index in [1.54, 1.807) is 0 Å². The highest BCUT2D eigenvalue weighted by Crippen LogP contribution is 2.32. The van der Waals surface area contributed by atoms with E-state index in [-0.39, 0.29) is 6.04 Å². The van der Waals surface area contributed by atoms with Crippen LogP contribution in [0.1, 0.15) is 24.1 Å². The molecular weight excluding hydrogens is 316 g/mol. The van der Waals surface area contributed by atoms with Crippen molar-refractivity contribution in [3.63, 3.8) is 0 Å². The van der Waals surface area contributed by atoms with E-state index >= 15 is 0 Å². The van der Waals surface area contributed by atoms with Crippen LogP contribution >= 0.6 is 0 Å². The van der Waals surface area contributed by atoms with Crippen LogP contribution in [0.5, 0.6) is 11.5 Å². The number of ether oxygens (including phenoxy) is 2. The molecule has 128 valence electrons. The van der Waals surface area contributed by atoms with E-state index < -0.39 is 0 Å². The summed E-state index contributed by atoms with van der Waals surface area (Å²) in [5.41, 5.74) is 3.40. The van der Waals surface area contributed by atoms with Gasteiger partial charge < -0.3 is 14.8 Å². The van der Waals surface area contributed by atoms with Crippen molar-refractivity contribution in [1.29, 1.82) is 0 Å². The van der Waals surface area contributed by atoms with Crippen LogP contribution in [-0.4, -0.2) is 28.4 Å². The smallest absolute Gasteiger partial charge is 0.161 e. The van der Waals surface area contributed by atoms with Crippen LogP contribution in [0, 0.1) is 0 Å². The number of benzene rings is 2. The Morgan fingerprint density at radius 3 is 2.84 bits per heavy atom. The quantitative estimate of drug-likeness (QED) is 0.749. The summed E-state index contributed by atoms with van der Waals surface area (Å²) in [6.45, 7) is 4.12. The van der Waals surface area contributed by atoms with Crippen molar-refractivity contribution in [2.75, 3.05) is 13.2 Å². The van der Waals surface area contributed by atoms with Gasteiger partial charge in [0.2, 0.25) is 0 Å². The molecule has 25 heavy (non-hydrogen) atoms. The van der Waals surface area contributed by atoms with Gasteiger partial charge in [0.15, 0.2) is 17.3 Å². The van der Waals surface area contributed by atoms with Gasteiger partial charge in [-0.25, -0.2) is 4.98 Å². The molecule has 3 aromatic rings. The number of aromatic nitrogens is 3. The lowest BCUT2D eigenvalue weighted by atomic mass is 10.1. The van der Waals surface area contributed by atoms with Gasteiger partial charge in [-0.1, -0.05) is 24.3 Å². The summed E-state index contributed by atoms with van der Waals surface area (Å²) in [6.07, 6.45) is 1.52. The summed E-state index contributed by atoms with van der Waals surface area (Å²) in [7, 11) is 0. The van der Waals surface area contributed by atoms with E-state index in [1.807, 2.05) is 18.2 Å². The number of aromatic amines is 1. The fraction of sp³-hybridized carbons (Fsp3) is 0.263. The minimum atomic E-state index is 0.199. The predicted molar refractivity (Wildman–Crippen MR) is 94.5 cm³/mol. The number of H-pyrrole nitrogens is 1. The highest BCUT2D eigenvalue weighted by molar-refractivity contribution is 5.55. The normalized spacial score (nSPS) is 14.3. The molecule has 1 atom stereocenters. The second-order valence-electron chi connectivity index (χ2n) is 6.04. The van der Waals surface area contributed by atoms with Crippen LogP contribution in [0.25, 0.3) is 11.4 Å². The van der Waals surface area contributed by atoms with Gasteiger partial charge >= 0.3 is 0 Å². The summed E-state index contributed by atoms with van der Waals surface area (Å²) < 4.78 is 11.2. The molecule has 0 saturated carbocycles. The van der Waals surface area contributed by atoms with Gasteiger partial charge in [0.05, 0.1) is 0 Å². The molecule has 0 bridgehead atoms. The highest BCUT2D eigenvalue weighted by Gasteiger charge is 2.14. The largest absolute Gasteiger partial charge is 0.486 e.